The number of carbonyl (C=O) groups is 1. The molecule has 1 aliphatic heterocycles. The number of phenols is 1. The Bertz CT molecular complexity index is 406. The quantitative estimate of drug-likeness (QED) is 0.795. The standard InChI is InChI=1S/C11H12BrNO2/c1-7-2-3-9(5-10(7)14)13-6-8(12)4-11(13)15/h2-3,5,8,14H,4,6H2,1H3. The molecule has 1 saturated heterocycles. The van der Waals surface area contributed by atoms with Gasteiger partial charge in [0.1, 0.15) is 5.75 Å². The third-order valence-corrected chi connectivity index (χ3v) is 3.20. The van der Waals surface area contributed by atoms with Gasteiger partial charge in [-0.3, -0.25) is 4.79 Å². The highest BCUT2D eigenvalue weighted by atomic mass is 79.9. The maximum atomic E-state index is 11.6. The first-order chi connectivity index (χ1) is 7.08. The molecule has 0 saturated carbocycles. The second-order valence-electron chi connectivity index (χ2n) is 3.78. The molecule has 1 aromatic rings. The third-order valence-electron chi connectivity index (χ3n) is 2.58. The van der Waals surface area contributed by atoms with Crippen molar-refractivity contribution in [2.75, 3.05) is 11.4 Å². The lowest BCUT2D eigenvalue weighted by molar-refractivity contribution is -0.117. The highest BCUT2D eigenvalue weighted by molar-refractivity contribution is 9.09. The first-order valence-corrected chi connectivity index (χ1v) is 5.73. The highest BCUT2D eigenvalue weighted by Gasteiger charge is 2.28. The summed E-state index contributed by atoms with van der Waals surface area (Å²) in [6, 6.07) is 5.32. The fourth-order valence-electron chi connectivity index (χ4n) is 1.68. The summed E-state index contributed by atoms with van der Waals surface area (Å²) in [5.41, 5.74) is 1.59. The number of anilines is 1. The Morgan fingerprint density at radius 2 is 2.27 bits per heavy atom. The van der Waals surface area contributed by atoms with E-state index in [1.165, 1.54) is 0 Å². The van der Waals surface area contributed by atoms with Crippen LogP contribution < -0.4 is 4.90 Å². The number of hydrogen-bond acceptors (Lipinski definition) is 2. The molecular weight excluding hydrogens is 258 g/mol. The van der Waals surface area contributed by atoms with E-state index in [-0.39, 0.29) is 16.5 Å². The van der Waals surface area contributed by atoms with E-state index in [1.54, 1.807) is 11.0 Å². The molecule has 2 rings (SSSR count). The summed E-state index contributed by atoms with van der Waals surface area (Å²) in [5.74, 6) is 0.332. The van der Waals surface area contributed by atoms with E-state index in [2.05, 4.69) is 15.9 Å². The number of aromatic hydroxyl groups is 1. The largest absolute Gasteiger partial charge is 0.508 e. The SMILES string of the molecule is Cc1ccc(N2CC(Br)CC2=O)cc1O. The molecule has 4 heteroatoms. The van der Waals surface area contributed by atoms with Gasteiger partial charge in [0.15, 0.2) is 0 Å². The van der Waals surface area contributed by atoms with Gasteiger partial charge in [-0.15, -0.1) is 0 Å². The van der Waals surface area contributed by atoms with Gasteiger partial charge in [-0.2, -0.15) is 0 Å². The molecule has 1 aromatic carbocycles. The Labute approximate surface area is 96.8 Å². The molecule has 1 fully saturated rings. The van der Waals surface area contributed by atoms with Crippen molar-refractivity contribution in [2.24, 2.45) is 0 Å². The van der Waals surface area contributed by atoms with Gasteiger partial charge in [-0.1, -0.05) is 22.0 Å². The summed E-state index contributed by atoms with van der Waals surface area (Å²) in [6.45, 7) is 2.50. The van der Waals surface area contributed by atoms with E-state index in [1.807, 2.05) is 19.1 Å². The van der Waals surface area contributed by atoms with Crippen LogP contribution in [0, 0.1) is 6.92 Å². The summed E-state index contributed by atoms with van der Waals surface area (Å²) in [5, 5.41) is 9.56. The van der Waals surface area contributed by atoms with Crippen LogP contribution >= 0.6 is 15.9 Å². The number of amides is 1. The molecule has 1 heterocycles. The van der Waals surface area contributed by atoms with Gasteiger partial charge in [-0.05, 0) is 18.6 Å². The summed E-state index contributed by atoms with van der Waals surface area (Å²) in [6.07, 6.45) is 0.522. The van der Waals surface area contributed by atoms with Crippen molar-refractivity contribution in [3.63, 3.8) is 0 Å². The number of aryl methyl sites for hydroxylation is 1. The van der Waals surface area contributed by atoms with Crippen LogP contribution in [0.2, 0.25) is 0 Å². The van der Waals surface area contributed by atoms with Crippen molar-refractivity contribution in [1.29, 1.82) is 0 Å². The van der Waals surface area contributed by atoms with E-state index in [0.29, 0.717) is 13.0 Å². The fraction of sp³-hybridized carbons (Fsp3) is 0.364. The molecule has 1 N–H and O–H groups in total. The van der Waals surface area contributed by atoms with Crippen LogP contribution in [0.4, 0.5) is 5.69 Å². The number of benzene rings is 1. The Morgan fingerprint density at radius 3 is 2.80 bits per heavy atom. The van der Waals surface area contributed by atoms with Crippen LogP contribution in [0.5, 0.6) is 5.75 Å². The second-order valence-corrected chi connectivity index (χ2v) is 5.07. The number of rotatable bonds is 1. The smallest absolute Gasteiger partial charge is 0.228 e. The van der Waals surface area contributed by atoms with Gasteiger partial charge >= 0.3 is 0 Å². The number of carbonyl (C=O) groups excluding carboxylic acids is 1. The van der Waals surface area contributed by atoms with Crippen molar-refractivity contribution in [3.05, 3.63) is 23.8 Å². The first-order valence-electron chi connectivity index (χ1n) is 4.82. The van der Waals surface area contributed by atoms with Gasteiger partial charge in [0, 0.05) is 29.5 Å². The molecule has 15 heavy (non-hydrogen) atoms. The predicted molar refractivity (Wildman–Crippen MR) is 62.5 cm³/mol. The lowest BCUT2D eigenvalue weighted by atomic mass is 10.2. The van der Waals surface area contributed by atoms with Gasteiger partial charge in [0.05, 0.1) is 0 Å². The van der Waals surface area contributed by atoms with Crippen LogP contribution in [0.3, 0.4) is 0 Å². The van der Waals surface area contributed by atoms with Crippen molar-refractivity contribution in [1.82, 2.24) is 0 Å². The first kappa shape index (κ1) is 10.5. The Morgan fingerprint density at radius 1 is 1.53 bits per heavy atom. The van der Waals surface area contributed by atoms with Crippen molar-refractivity contribution >= 4 is 27.5 Å². The van der Waals surface area contributed by atoms with Crippen LogP contribution in [-0.4, -0.2) is 22.4 Å². The summed E-state index contributed by atoms with van der Waals surface area (Å²) in [7, 11) is 0. The molecule has 3 nitrogen and oxygen atoms in total. The van der Waals surface area contributed by atoms with E-state index in [0.717, 1.165) is 11.3 Å². The molecule has 1 atom stereocenters. The average molecular weight is 270 g/mol. The predicted octanol–water partition coefficient (Wildman–Crippen LogP) is 2.20. The van der Waals surface area contributed by atoms with Crippen LogP contribution in [0.25, 0.3) is 0 Å². The molecule has 1 amide bonds. The number of halogens is 1. The van der Waals surface area contributed by atoms with Crippen molar-refractivity contribution in [3.8, 4) is 5.75 Å². The highest BCUT2D eigenvalue weighted by Crippen LogP contribution is 2.29. The molecule has 0 aromatic heterocycles. The Kier molecular flexibility index (Phi) is 2.69. The van der Waals surface area contributed by atoms with E-state index < -0.39 is 0 Å². The van der Waals surface area contributed by atoms with E-state index >= 15 is 0 Å². The molecule has 80 valence electrons. The summed E-state index contributed by atoms with van der Waals surface area (Å²) >= 11 is 3.42. The maximum Gasteiger partial charge on any atom is 0.228 e. The lowest BCUT2D eigenvalue weighted by Gasteiger charge is -2.16. The lowest BCUT2D eigenvalue weighted by Crippen LogP contribution is -2.24. The monoisotopic (exact) mass is 269 g/mol. The topological polar surface area (TPSA) is 40.5 Å². The minimum absolute atomic E-state index is 0.0973. The third kappa shape index (κ3) is 2.00. The van der Waals surface area contributed by atoms with Crippen molar-refractivity contribution in [2.45, 2.75) is 18.2 Å². The zero-order valence-electron chi connectivity index (χ0n) is 8.40. The summed E-state index contributed by atoms with van der Waals surface area (Å²) < 4.78 is 0. The zero-order valence-corrected chi connectivity index (χ0v) is 9.99. The molecular formula is C11H12BrNO2. The van der Waals surface area contributed by atoms with E-state index in [9.17, 15) is 9.90 Å². The number of nitrogens with zero attached hydrogens (tertiary/aromatic N) is 1. The molecule has 1 aliphatic rings. The molecule has 0 bridgehead atoms. The van der Waals surface area contributed by atoms with Crippen LogP contribution in [-0.2, 0) is 4.79 Å². The molecule has 1 unspecified atom stereocenters. The number of alkyl halides is 1. The van der Waals surface area contributed by atoms with Crippen LogP contribution in [0.1, 0.15) is 12.0 Å². The maximum absolute atomic E-state index is 11.6. The minimum Gasteiger partial charge on any atom is -0.508 e. The molecule has 0 spiro atoms. The Hall–Kier alpha value is -1.03. The Balaban J connectivity index is 2.30. The molecule has 0 radical (unpaired) electrons. The van der Waals surface area contributed by atoms with Gasteiger partial charge in [-0.25, -0.2) is 0 Å². The van der Waals surface area contributed by atoms with Crippen molar-refractivity contribution < 1.29 is 9.90 Å². The average Bonchev–Trinajstić information content (AvgIpc) is 2.50. The second kappa shape index (κ2) is 3.85. The molecule has 0 aliphatic carbocycles. The summed E-state index contributed by atoms with van der Waals surface area (Å²) in [4.78, 5) is 13.5. The fourth-order valence-corrected chi connectivity index (χ4v) is 2.25. The minimum atomic E-state index is 0.0973. The van der Waals surface area contributed by atoms with Gasteiger partial charge < -0.3 is 10.0 Å². The van der Waals surface area contributed by atoms with Crippen LogP contribution in [0.15, 0.2) is 18.2 Å². The number of hydrogen-bond donors (Lipinski definition) is 1. The van der Waals surface area contributed by atoms with Gasteiger partial charge in [0.2, 0.25) is 5.91 Å². The van der Waals surface area contributed by atoms with Gasteiger partial charge in [0.25, 0.3) is 0 Å². The number of phenolic OH excluding ortho intramolecular Hbond substituents is 1. The zero-order chi connectivity index (χ0) is 11.0. The normalized spacial score (nSPS) is 21.1. The van der Waals surface area contributed by atoms with E-state index in [4.69, 9.17) is 0 Å².